The third-order valence-corrected chi connectivity index (χ3v) is 6.92. The maximum absolute atomic E-state index is 5.54. The largest absolute Gasteiger partial charge is 0.494 e. The highest BCUT2D eigenvalue weighted by Gasteiger charge is 2.17. The topological polar surface area (TPSA) is 71.3 Å². The first-order valence-corrected chi connectivity index (χ1v) is 12.2. The fraction of sp³-hybridized carbons (Fsp3) is 0.261. The summed E-state index contributed by atoms with van der Waals surface area (Å²) in [6.45, 7) is 5.79. The van der Waals surface area contributed by atoms with E-state index in [4.69, 9.17) is 19.2 Å². The second-order valence-electron chi connectivity index (χ2n) is 7.01. The molecule has 5 rings (SSSR count). The first-order valence-electron chi connectivity index (χ1n) is 10.4. The molecule has 0 unspecified atom stereocenters. The number of thiazole rings is 1. The van der Waals surface area contributed by atoms with Crippen molar-refractivity contribution < 1.29 is 14.2 Å². The Morgan fingerprint density at radius 1 is 1.03 bits per heavy atom. The highest BCUT2D eigenvalue weighted by molar-refractivity contribution is 7.98. The molecular weight excluding hydrogens is 444 g/mol. The van der Waals surface area contributed by atoms with Crippen molar-refractivity contribution in [2.75, 3.05) is 13.4 Å². The van der Waals surface area contributed by atoms with Gasteiger partial charge in [-0.25, -0.2) is 4.98 Å². The third kappa shape index (κ3) is 4.18. The van der Waals surface area contributed by atoms with Gasteiger partial charge in [-0.15, -0.1) is 21.5 Å². The number of aromatic nitrogens is 4. The van der Waals surface area contributed by atoms with Crippen LogP contribution in [0.5, 0.6) is 17.2 Å². The van der Waals surface area contributed by atoms with Gasteiger partial charge in [-0.3, -0.25) is 0 Å². The second-order valence-corrected chi connectivity index (χ2v) is 8.81. The Labute approximate surface area is 194 Å². The average Bonchev–Trinajstić information content (AvgIpc) is 3.57. The Hall–Kier alpha value is -3.04. The molecule has 0 atom stereocenters. The number of fused-ring (bicyclic) bond motifs is 1. The van der Waals surface area contributed by atoms with Crippen LogP contribution in [0.25, 0.3) is 22.0 Å². The Bertz CT molecular complexity index is 1220. The SMILES string of the molecule is CCOc1ccc(-c2nnc(SCc3csc(-c4ccc5c(c4)OCO5)n3)n2CC)cc1. The average molecular weight is 467 g/mol. The molecule has 2 aromatic carbocycles. The van der Waals surface area contributed by atoms with Gasteiger partial charge in [0, 0.05) is 28.8 Å². The van der Waals surface area contributed by atoms with Gasteiger partial charge < -0.3 is 18.8 Å². The highest BCUT2D eigenvalue weighted by Crippen LogP contribution is 2.37. The van der Waals surface area contributed by atoms with E-state index in [9.17, 15) is 0 Å². The molecule has 4 aromatic rings. The number of rotatable bonds is 8. The predicted molar refractivity (Wildman–Crippen MR) is 126 cm³/mol. The van der Waals surface area contributed by atoms with Crippen LogP contribution in [0, 0.1) is 0 Å². The zero-order valence-corrected chi connectivity index (χ0v) is 19.4. The molecular formula is C23H22N4O3S2. The Kier molecular flexibility index (Phi) is 6.00. The summed E-state index contributed by atoms with van der Waals surface area (Å²) < 4.78 is 18.5. The van der Waals surface area contributed by atoms with Gasteiger partial charge in [0.15, 0.2) is 22.5 Å². The van der Waals surface area contributed by atoms with Crippen LogP contribution in [-0.4, -0.2) is 33.1 Å². The van der Waals surface area contributed by atoms with Crippen molar-refractivity contribution in [1.29, 1.82) is 0 Å². The van der Waals surface area contributed by atoms with Crippen LogP contribution in [0.2, 0.25) is 0 Å². The smallest absolute Gasteiger partial charge is 0.231 e. The second kappa shape index (κ2) is 9.22. The summed E-state index contributed by atoms with van der Waals surface area (Å²) in [7, 11) is 0. The molecule has 0 fully saturated rings. The molecule has 32 heavy (non-hydrogen) atoms. The number of hydrogen-bond donors (Lipinski definition) is 0. The fourth-order valence-corrected chi connectivity index (χ4v) is 5.25. The molecule has 0 radical (unpaired) electrons. The van der Waals surface area contributed by atoms with E-state index >= 15 is 0 Å². The molecule has 7 nitrogen and oxygen atoms in total. The quantitative estimate of drug-likeness (QED) is 0.317. The molecule has 0 aliphatic carbocycles. The van der Waals surface area contributed by atoms with Crippen LogP contribution in [0.4, 0.5) is 0 Å². The monoisotopic (exact) mass is 466 g/mol. The molecule has 0 N–H and O–H groups in total. The lowest BCUT2D eigenvalue weighted by Crippen LogP contribution is -2.00. The van der Waals surface area contributed by atoms with Crippen LogP contribution in [0.1, 0.15) is 19.5 Å². The van der Waals surface area contributed by atoms with Gasteiger partial charge in [-0.1, -0.05) is 11.8 Å². The molecule has 0 saturated heterocycles. The minimum absolute atomic E-state index is 0.273. The van der Waals surface area contributed by atoms with Gasteiger partial charge in [-0.2, -0.15) is 0 Å². The summed E-state index contributed by atoms with van der Waals surface area (Å²) in [4.78, 5) is 4.80. The number of nitrogens with zero attached hydrogens (tertiary/aromatic N) is 4. The molecule has 0 amide bonds. The molecule has 164 valence electrons. The summed E-state index contributed by atoms with van der Waals surface area (Å²) in [6, 6.07) is 13.9. The first-order chi connectivity index (χ1) is 15.7. The molecule has 1 aliphatic heterocycles. The fourth-order valence-electron chi connectivity index (χ4n) is 3.43. The van der Waals surface area contributed by atoms with Crippen molar-refractivity contribution in [2.24, 2.45) is 0 Å². The Morgan fingerprint density at radius 3 is 2.66 bits per heavy atom. The highest BCUT2D eigenvalue weighted by atomic mass is 32.2. The van der Waals surface area contributed by atoms with Crippen LogP contribution >= 0.6 is 23.1 Å². The lowest BCUT2D eigenvalue weighted by molar-refractivity contribution is 0.174. The van der Waals surface area contributed by atoms with Crippen molar-refractivity contribution in [3.8, 4) is 39.2 Å². The van der Waals surface area contributed by atoms with Crippen LogP contribution in [0.15, 0.2) is 53.0 Å². The number of benzene rings is 2. The lowest BCUT2D eigenvalue weighted by Gasteiger charge is -2.08. The zero-order chi connectivity index (χ0) is 21.9. The van der Waals surface area contributed by atoms with Gasteiger partial charge in [0.1, 0.15) is 10.8 Å². The van der Waals surface area contributed by atoms with E-state index in [0.29, 0.717) is 6.61 Å². The minimum atomic E-state index is 0.273. The standard InChI is InChI=1S/C23H22N4O3S2/c1-3-27-21(15-5-8-18(9-6-15)28-4-2)25-26-23(27)32-13-17-12-31-22(24-17)16-7-10-19-20(11-16)30-14-29-19/h5-12H,3-4,13-14H2,1-2H3. The van der Waals surface area contributed by atoms with Crippen molar-refractivity contribution in [1.82, 2.24) is 19.7 Å². The van der Waals surface area contributed by atoms with Gasteiger partial charge in [-0.05, 0) is 56.3 Å². The van der Waals surface area contributed by atoms with Gasteiger partial charge in [0.25, 0.3) is 0 Å². The van der Waals surface area contributed by atoms with Crippen molar-refractivity contribution >= 4 is 23.1 Å². The summed E-state index contributed by atoms with van der Waals surface area (Å²) in [5.74, 6) is 3.99. The molecule has 2 aromatic heterocycles. The maximum atomic E-state index is 5.54. The predicted octanol–water partition coefficient (Wildman–Crippen LogP) is 5.51. The molecule has 1 aliphatic rings. The summed E-state index contributed by atoms with van der Waals surface area (Å²) in [5.41, 5.74) is 3.07. The molecule has 3 heterocycles. The molecule has 0 saturated carbocycles. The van der Waals surface area contributed by atoms with Gasteiger partial charge >= 0.3 is 0 Å². The van der Waals surface area contributed by atoms with E-state index in [1.54, 1.807) is 23.1 Å². The van der Waals surface area contributed by atoms with Crippen molar-refractivity contribution in [2.45, 2.75) is 31.3 Å². The maximum Gasteiger partial charge on any atom is 0.231 e. The van der Waals surface area contributed by atoms with E-state index in [1.165, 1.54) is 0 Å². The normalized spacial score (nSPS) is 12.3. The summed E-state index contributed by atoms with van der Waals surface area (Å²) >= 11 is 3.27. The number of hydrogen-bond acceptors (Lipinski definition) is 8. The van der Waals surface area contributed by atoms with Crippen LogP contribution in [0.3, 0.4) is 0 Å². The number of thioether (sulfide) groups is 1. The molecule has 9 heteroatoms. The Balaban J connectivity index is 1.29. The summed E-state index contributed by atoms with van der Waals surface area (Å²) in [5, 5.41) is 12.8. The lowest BCUT2D eigenvalue weighted by atomic mass is 10.2. The van der Waals surface area contributed by atoms with E-state index in [0.717, 1.165) is 62.4 Å². The minimum Gasteiger partial charge on any atom is -0.494 e. The molecule has 0 bridgehead atoms. The number of ether oxygens (including phenoxy) is 3. The van der Waals surface area contributed by atoms with Crippen molar-refractivity contribution in [3.05, 3.63) is 53.5 Å². The van der Waals surface area contributed by atoms with E-state index < -0.39 is 0 Å². The van der Waals surface area contributed by atoms with Gasteiger partial charge in [0.2, 0.25) is 6.79 Å². The van der Waals surface area contributed by atoms with E-state index in [-0.39, 0.29) is 6.79 Å². The Morgan fingerprint density at radius 2 is 1.84 bits per heavy atom. The van der Waals surface area contributed by atoms with Crippen LogP contribution < -0.4 is 14.2 Å². The van der Waals surface area contributed by atoms with Crippen molar-refractivity contribution in [3.63, 3.8) is 0 Å². The molecule has 0 spiro atoms. The van der Waals surface area contributed by atoms with Crippen LogP contribution in [-0.2, 0) is 12.3 Å². The van der Waals surface area contributed by atoms with E-state index in [1.807, 2.05) is 49.4 Å². The van der Waals surface area contributed by atoms with Gasteiger partial charge in [0.05, 0.1) is 12.3 Å². The summed E-state index contributed by atoms with van der Waals surface area (Å²) in [6.07, 6.45) is 0. The van der Waals surface area contributed by atoms with E-state index in [2.05, 4.69) is 27.1 Å². The third-order valence-electron chi connectivity index (χ3n) is 4.98. The zero-order valence-electron chi connectivity index (χ0n) is 17.8. The first kappa shape index (κ1) is 20.8.